The highest BCUT2D eigenvalue weighted by atomic mass is 32.2. The number of ether oxygens (including phenoxy) is 1. The SMILES string of the molecule is CC1CS(=O)(=O)N(c2ccc(C(=O)N3CCOCC3)cc2)C1=O. The maximum atomic E-state index is 12.3. The average molecular weight is 338 g/mol. The minimum absolute atomic E-state index is 0.121. The molecule has 0 spiro atoms. The molecule has 1 aromatic rings. The lowest BCUT2D eigenvalue weighted by Crippen LogP contribution is -2.40. The summed E-state index contributed by atoms with van der Waals surface area (Å²) in [7, 11) is -3.62. The van der Waals surface area contributed by atoms with Crippen molar-refractivity contribution in [1.29, 1.82) is 0 Å². The van der Waals surface area contributed by atoms with Gasteiger partial charge in [-0.3, -0.25) is 9.59 Å². The molecule has 124 valence electrons. The number of hydrogen-bond donors (Lipinski definition) is 0. The second-order valence-corrected chi connectivity index (χ2v) is 7.60. The van der Waals surface area contributed by atoms with Gasteiger partial charge in [0.05, 0.1) is 30.6 Å². The van der Waals surface area contributed by atoms with Gasteiger partial charge in [-0.1, -0.05) is 6.92 Å². The van der Waals surface area contributed by atoms with Crippen LogP contribution in [0.5, 0.6) is 0 Å². The van der Waals surface area contributed by atoms with Gasteiger partial charge < -0.3 is 9.64 Å². The molecule has 0 bridgehead atoms. The molecule has 2 amide bonds. The van der Waals surface area contributed by atoms with Crippen molar-refractivity contribution < 1.29 is 22.7 Å². The third-order valence-electron chi connectivity index (χ3n) is 4.01. The lowest BCUT2D eigenvalue weighted by Gasteiger charge is -2.27. The van der Waals surface area contributed by atoms with E-state index in [-0.39, 0.29) is 17.3 Å². The number of carbonyl (C=O) groups excluding carboxylic acids is 2. The summed E-state index contributed by atoms with van der Waals surface area (Å²) < 4.78 is 30.2. The van der Waals surface area contributed by atoms with Crippen molar-refractivity contribution in [2.45, 2.75) is 6.92 Å². The van der Waals surface area contributed by atoms with E-state index in [2.05, 4.69) is 0 Å². The summed E-state index contributed by atoms with van der Waals surface area (Å²) in [6, 6.07) is 6.11. The number of carbonyl (C=O) groups is 2. The van der Waals surface area contributed by atoms with Gasteiger partial charge in [-0.25, -0.2) is 12.7 Å². The van der Waals surface area contributed by atoms with Gasteiger partial charge in [0.25, 0.3) is 5.91 Å². The van der Waals surface area contributed by atoms with Crippen LogP contribution in [-0.4, -0.2) is 57.2 Å². The Morgan fingerprint density at radius 1 is 1.17 bits per heavy atom. The molecule has 3 rings (SSSR count). The van der Waals surface area contributed by atoms with Gasteiger partial charge >= 0.3 is 0 Å². The zero-order chi connectivity index (χ0) is 16.6. The predicted molar refractivity (Wildman–Crippen MR) is 83.6 cm³/mol. The Hall–Kier alpha value is -1.93. The van der Waals surface area contributed by atoms with Crippen LogP contribution in [0.1, 0.15) is 17.3 Å². The number of anilines is 1. The van der Waals surface area contributed by atoms with E-state index in [1.54, 1.807) is 24.0 Å². The molecule has 1 aromatic carbocycles. The van der Waals surface area contributed by atoms with Crippen LogP contribution >= 0.6 is 0 Å². The molecule has 2 heterocycles. The maximum Gasteiger partial charge on any atom is 0.254 e. The molecule has 2 aliphatic rings. The summed E-state index contributed by atoms with van der Waals surface area (Å²) >= 11 is 0. The minimum atomic E-state index is -3.62. The lowest BCUT2D eigenvalue weighted by atomic mass is 10.1. The number of hydrogen-bond acceptors (Lipinski definition) is 5. The van der Waals surface area contributed by atoms with Crippen molar-refractivity contribution in [3.05, 3.63) is 29.8 Å². The second-order valence-electron chi connectivity index (χ2n) is 5.73. The molecule has 1 atom stereocenters. The van der Waals surface area contributed by atoms with Crippen molar-refractivity contribution in [1.82, 2.24) is 4.90 Å². The molecule has 2 aliphatic heterocycles. The molecule has 0 aliphatic carbocycles. The topological polar surface area (TPSA) is 84.0 Å². The Labute approximate surface area is 134 Å². The van der Waals surface area contributed by atoms with E-state index < -0.39 is 21.8 Å². The molecule has 0 radical (unpaired) electrons. The molecule has 1 unspecified atom stereocenters. The molecule has 2 fully saturated rings. The van der Waals surface area contributed by atoms with Crippen molar-refractivity contribution in [2.75, 3.05) is 36.4 Å². The van der Waals surface area contributed by atoms with Crippen LogP contribution in [0.3, 0.4) is 0 Å². The Morgan fingerprint density at radius 2 is 1.78 bits per heavy atom. The van der Waals surface area contributed by atoms with Crippen molar-refractivity contribution >= 4 is 27.5 Å². The Balaban J connectivity index is 1.82. The van der Waals surface area contributed by atoms with E-state index in [1.807, 2.05) is 0 Å². The van der Waals surface area contributed by atoms with Crippen LogP contribution in [0.15, 0.2) is 24.3 Å². The van der Waals surface area contributed by atoms with E-state index in [0.29, 0.717) is 31.9 Å². The van der Waals surface area contributed by atoms with E-state index in [4.69, 9.17) is 4.74 Å². The number of amides is 2. The molecule has 8 heteroatoms. The zero-order valence-electron chi connectivity index (χ0n) is 12.8. The first kappa shape index (κ1) is 15.9. The van der Waals surface area contributed by atoms with Crippen LogP contribution in [0, 0.1) is 5.92 Å². The molecule has 0 N–H and O–H groups in total. The normalized spacial score (nSPS) is 24.0. The number of rotatable bonds is 2. The van der Waals surface area contributed by atoms with Crippen LogP contribution in [-0.2, 0) is 19.6 Å². The van der Waals surface area contributed by atoms with E-state index in [1.165, 1.54) is 12.1 Å². The third-order valence-corrected chi connectivity index (χ3v) is 5.88. The van der Waals surface area contributed by atoms with Gasteiger partial charge in [-0.15, -0.1) is 0 Å². The molecule has 0 aromatic heterocycles. The fourth-order valence-electron chi connectivity index (χ4n) is 2.78. The summed E-state index contributed by atoms with van der Waals surface area (Å²) in [6.45, 7) is 3.70. The van der Waals surface area contributed by atoms with Crippen molar-refractivity contribution in [3.63, 3.8) is 0 Å². The second kappa shape index (κ2) is 5.93. The predicted octanol–water partition coefficient (Wildman–Crippen LogP) is 0.472. The van der Waals surface area contributed by atoms with E-state index in [0.717, 1.165) is 4.31 Å². The zero-order valence-corrected chi connectivity index (χ0v) is 13.6. The van der Waals surface area contributed by atoms with Gasteiger partial charge in [0.2, 0.25) is 15.9 Å². The molecule has 0 saturated carbocycles. The summed E-state index contributed by atoms with van der Waals surface area (Å²) in [5.74, 6) is -1.28. The number of nitrogens with zero attached hydrogens (tertiary/aromatic N) is 2. The monoisotopic (exact) mass is 338 g/mol. The van der Waals surface area contributed by atoms with Gasteiger partial charge in [-0.05, 0) is 24.3 Å². The quantitative estimate of drug-likeness (QED) is 0.783. The van der Waals surface area contributed by atoms with Crippen molar-refractivity contribution in [3.8, 4) is 0 Å². The van der Waals surface area contributed by atoms with Crippen LogP contribution < -0.4 is 4.31 Å². The molecule has 23 heavy (non-hydrogen) atoms. The molecular formula is C15H18N2O5S. The van der Waals surface area contributed by atoms with Crippen molar-refractivity contribution in [2.24, 2.45) is 5.92 Å². The molecular weight excluding hydrogens is 320 g/mol. The standard InChI is InChI=1S/C15H18N2O5S/c1-11-10-23(20,21)17(14(11)18)13-4-2-12(3-5-13)15(19)16-6-8-22-9-7-16/h2-5,11H,6-10H2,1H3. The first-order valence-corrected chi connectivity index (χ1v) is 9.05. The Kier molecular flexibility index (Phi) is 4.11. The summed E-state index contributed by atoms with van der Waals surface area (Å²) in [4.78, 5) is 26.1. The van der Waals surface area contributed by atoms with E-state index in [9.17, 15) is 18.0 Å². The summed E-state index contributed by atoms with van der Waals surface area (Å²) in [6.07, 6.45) is 0. The Morgan fingerprint density at radius 3 is 2.30 bits per heavy atom. The van der Waals surface area contributed by atoms with Gasteiger partial charge in [0.1, 0.15) is 0 Å². The van der Waals surface area contributed by atoms with Crippen LogP contribution in [0.25, 0.3) is 0 Å². The van der Waals surface area contributed by atoms with Crippen LogP contribution in [0.4, 0.5) is 5.69 Å². The number of morpholine rings is 1. The summed E-state index contributed by atoms with van der Waals surface area (Å²) in [5.41, 5.74) is 0.741. The average Bonchev–Trinajstić information content (AvgIpc) is 2.75. The molecule has 7 nitrogen and oxygen atoms in total. The van der Waals surface area contributed by atoms with Gasteiger partial charge in [0.15, 0.2) is 0 Å². The molecule has 2 saturated heterocycles. The minimum Gasteiger partial charge on any atom is -0.378 e. The van der Waals surface area contributed by atoms with Gasteiger partial charge in [-0.2, -0.15) is 0 Å². The highest BCUT2D eigenvalue weighted by Crippen LogP contribution is 2.28. The fraction of sp³-hybridized carbons (Fsp3) is 0.467. The van der Waals surface area contributed by atoms with E-state index >= 15 is 0 Å². The summed E-state index contributed by atoms with van der Waals surface area (Å²) in [5, 5.41) is 0. The highest BCUT2D eigenvalue weighted by molar-refractivity contribution is 7.94. The fourth-order valence-corrected chi connectivity index (χ4v) is 4.60. The largest absolute Gasteiger partial charge is 0.378 e. The maximum absolute atomic E-state index is 12.3. The van der Waals surface area contributed by atoms with Gasteiger partial charge in [0, 0.05) is 18.7 Å². The number of benzene rings is 1. The Bertz CT molecular complexity index is 723. The number of sulfonamides is 1. The first-order chi connectivity index (χ1) is 10.9. The first-order valence-electron chi connectivity index (χ1n) is 7.44. The third kappa shape index (κ3) is 2.96. The highest BCUT2D eigenvalue weighted by Gasteiger charge is 2.41. The van der Waals surface area contributed by atoms with Crippen LogP contribution in [0.2, 0.25) is 0 Å². The lowest BCUT2D eigenvalue weighted by molar-refractivity contribution is -0.119. The smallest absolute Gasteiger partial charge is 0.254 e.